The van der Waals surface area contributed by atoms with Crippen LogP contribution in [-0.4, -0.2) is 74.2 Å². The van der Waals surface area contributed by atoms with Crippen molar-refractivity contribution in [2.24, 2.45) is 23.7 Å². The Kier molecular flexibility index (Phi) is 16.4. The maximum atomic E-state index is 13.9. The molecule has 334 valence electrons. The molecule has 8 rings (SSSR count). The first-order chi connectivity index (χ1) is 29.6. The number of carbonyl (C=O) groups excluding carboxylic acids is 3. The third-order valence-corrected chi connectivity index (χ3v) is 16.6. The van der Waals surface area contributed by atoms with Crippen LogP contribution in [0, 0.1) is 23.7 Å². The molecule has 6 aliphatic rings. The predicted octanol–water partition coefficient (Wildman–Crippen LogP) is 10.7. The summed E-state index contributed by atoms with van der Waals surface area (Å²) >= 11 is 2.86. The van der Waals surface area contributed by atoms with E-state index in [4.69, 9.17) is 4.74 Å². The van der Waals surface area contributed by atoms with E-state index in [1.807, 2.05) is 15.9 Å². The number of anilines is 2. The molecule has 4 heterocycles. The van der Waals surface area contributed by atoms with E-state index in [0.717, 1.165) is 151 Å². The van der Waals surface area contributed by atoms with E-state index >= 15 is 0 Å². The Hall–Kier alpha value is -3.32. The second-order valence-corrected chi connectivity index (χ2v) is 20.8. The van der Waals surface area contributed by atoms with Gasteiger partial charge in [-0.3, -0.25) is 9.59 Å². The number of carboxylic acids is 1. The van der Waals surface area contributed by atoms with E-state index in [0.29, 0.717) is 27.3 Å². The van der Waals surface area contributed by atoms with Crippen LogP contribution in [0.1, 0.15) is 171 Å². The van der Waals surface area contributed by atoms with E-state index in [1.54, 1.807) is 0 Å². The van der Waals surface area contributed by atoms with Crippen molar-refractivity contribution in [1.29, 1.82) is 0 Å². The van der Waals surface area contributed by atoms with Crippen molar-refractivity contribution in [3.63, 3.8) is 0 Å². The van der Waals surface area contributed by atoms with Gasteiger partial charge in [0.25, 0.3) is 0 Å². The number of hydrogen-bond acceptors (Lipinski definition) is 9. The van der Waals surface area contributed by atoms with E-state index in [1.165, 1.54) is 60.2 Å². The minimum absolute atomic E-state index is 0.0231. The summed E-state index contributed by atoms with van der Waals surface area (Å²) in [5, 5.41) is 16.8. The van der Waals surface area contributed by atoms with Crippen LogP contribution in [0.4, 0.5) is 11.4 Å². The fraction of sp³-hybridized carbons (Fsp3) is 0.673. The van der Waals surface area contributed by atoms with Crippen molar-refractivity contribution in [3.05, 3.63) is 43.8 Å². The van der Waals surface area contributed by atoms with Crippen LogP contribution in [0.3, 0.4) is 0 Å². The summed E-state index contributed by atoms with van der Waals surface area (Å²) in [6.45, 7) is 8.11. The molecule has 2 aromatic rings. The van der Waals surface area contributed by atoms with Crippen molar-refractivity contribution in [3.8, 4) is 0 Å². The van der Waals surface area contributed by atoms with Gasteiger partial charge in [0.05, 0.1) is 18.5 Å². The number of allylic oxidation sites excluding steroid dienone is 4. The highest BCUT2D eigenvalue weighted by Gasteiger charge is 2.38. The molecular weight excluding hydrogens is 805 g/mol. The highest BCUT2D eigenvalue weighted by Crippen LogP contribution is 2.43. The number of esters is 1. The lowest BCUT2D eigenvalue weighted by atomic mass is 9.82. The minimum Gasteiger partial charge on any atom is -0.477 e. The molecule has 3 N–H and O–H groups in total. The number of carboxylic acid groups (broad SMARTS) is 1. The van der Waals surface area contributed by atoms with Gasteiger partial charge in [-0.05, 0) is 190 Å². The summed E-state index contributed by atoms with van der Waals surface area (Å²) in [5.41, 5.74) is 4.00. The normalized spacial score (nSPS) is 25.3. The lowest BCUT2D eigenvalue weighted by molar-refractivity contribution is -0.125. The van der Waals surface area contributed by atoms with Crippen LogP contribution in [-0.2, 0) is 14.3 Å². The Balaban J connectivity index is 0.000000184. The van der Waals surface area contributed by atoms with Crippen molar-refractivity contribution < 1.29 is 29.0 Å². The van der Waals surface area contributed by atoms with Crippen molar-refractivity contribution in [2.45, 2.75) is 154 Å². The molecule has 0 atom stereocenters. The molecular formula is C49H70N4O6S2. The van der Waals surface area contributed by atoms with Crippen LogP contribution in [0.15, 0.2) is 24.3 Å². The number of hydrogen-bond donors (Lipinski definition) is 3. The van der Waals surface area contributed by atoms with Crippen LogP contribution in [0.5, 0.6) is 0 Å². The standard InChI is InChI=1S/C25H36N2O3S.C24H34N2O3S/c1-17-8-10-19(11-9-17)24(28)27(20-12-14-26-15-13-20)21-16-22(18-6-4-3-5-7-18)31-23(21)25(29)30-2;1-16-7-9-18(10-8-16)23(27)26(19-11-13-25-14-12-19)20-15-21(30-22(20)24(28)29)17-5-3-2-4-6-17/h6,16-17,19-20,26H,3-5,7-15H2,1-2H3;5,15-16,18-19,25H,2-4,6-14H2,1H3,(H,28,29). The molecule has 0 aromatic carbocycles. The zero-order valence-corrected chi connectivity index (χ0v) is 38.6. The zero-order chi connectivity index (χ0) is 42.9. The highest BCUT2D eigenvalue weighted by atomic mass is 32.1. The Morgan fingerprint density at radius 1 is 0.607 bits per heavy atom. The second-order valence-electron chi connectivity index (χ2n) is 18.7. The number of aromatic carboxylic acids is 1. The van der Waals surface area contributed by atoms with Gasteiger partial charge < -0.3 is 30.3 Å². The van der Waals surface area contributed by atoms with Gasteiger partial charge in [-0.15, -0.1) is 22.7 Å². The summed E-state index contributed by atoms with van der Waals surface area (Å²) in [4.78, 5) is 59.6. The number of ether oxygens (including phenoxy) is 1. The Bertz CT molecular complexity index is 1890. The van der Waals surface area contributed by atoms with Gasteiger partial charge >= 0.3 is 11.9 Å². The largest absolute Gasteiger partial charge is 0.477 e. The summed E-state index contributed by atoms with van der Waals surface area (Å²) in [7, 11) is 1.44. The zero-order valence-electron chi connectivity index (χ0n) is 36.9. The van der Waals surface area contributed by atoms with Gasteiger partial charge in [0.15, 0.2) is 0 Å². The lowest BCUT2D eigenvalue weighted by Crippen LogP contribution is -2.49. The maximum Gasteiger partial charge on any atom is 0.350 e. The molecule has 4 fully saturated rings. The Morgan fingerprint density at radius 2 is 1.02 bits per heavy atom. The monoisotopic (exact) mass is 874 g/mol. The number of piperidine rings is 2. The molecule has 61 heavy (non-hydrogen) atoms. The molecule has 2 aromatic heterocycles. The molecule has 2 amide bonds. The van der Waals surface area contributed by atoms with Gasteiger partial charge in [-0.25, -0.2) is 9.59 Å². The molecule has 0 bridgehead atoms. The lowest BCUT2D eigenvalue weighted by Gasteiger charge is -2.38. The van der Waals surface area contributed by atoms with E-state index < -0.39 is 5.97 Å². The van der Waals surface area contributed by atoms with Gasteiger partial charge in [-0.2, -0.15) is 0 Å². The average molecular weight is 875 g/mol. The first-order valence-corrected chi connectivity index (χ1v) is 25.3. The molecule has 2 aliphatic heterocycles. The number of nitrogens with zero attached hydrogens (tertiary/aromatic N) is 2. The predicted molar refractivity (Wildman–Crippen MR) is 249 cm³/mol. The molecule has 0 unspecified atom stereocenters. The van der Waals surface area contributed by atoms with Crippen molar-refractivity contribution in [2.75, 3.05) is 43.1 Å². The van der Waals surface area contributed by atoms with Gasteiger partial charge in [-0.1, -0.05) is 26.0 Å². The van der Waals surface area contributed by atoms with E-state index in [9.17, 15) is 24.3 Å². The quantitative estimate of drug-likeness (QED) is 0.201. The van der Waals surface area contributed by atoms with Crippen LogP contribution in [0.2, 0.25) is 0 Å². The Labute approximate surface area is 371 Å². The Morgan fingerprint density at radius 3 is 1.39 bits per heavy atom. The van der Waals surface area contributed by atoms with E-state index in [-0.39, 0.29) is 41.7 Å². The summed E-state index contributed by atoms with van der Waals surface area (Å²) in [6, 6.07) is 4.34. The molecule has 0 spiro atoms. The van der Waals surface area contributed by atoms with Gasteiger partial charge in [0.2, 0.25) is 11.8 Å². The van der Waals surface area contributed by atoms with Crippen LogP contribution in [0.25, 0.3) is 11.1 Å². The number of rotatable bonds is 10. The van der Waals surface area contributed by atoms with Crippen molar-refractivity contribution in [1.82, 2.24) is 10.6 Å². The third kappa shape index (κ3) is 11.3. The number of nitrogens with one attached hydrogen (secondary N) is 2. The van der Waals surface area contributed by atoms with Gasteiger partial charge in [0.1, 0.15) is 9.75 Å². The smallest absolute Gasteiger partial charge is 0.350 e. The summed E-state index contributed by atoms with van der Waals surface area (Å²) in [6.07, 6.45) is 25.3. The topological polar surface area (TPSA) is 128 Å². The summed E-state index contributed by atoms with van der Waals surface area (Å²) < 4.78 is 5.16. The molecule has 0 radical (unpaired) electrons. The molecule has 4 aliphatic carbocycles. The average Bonchev–Trinajstić information content (AvgIpc) is 3.95. The second kappa shape index (κ2) is 21.8. The number of amides is 2. The molecule has 2 saturated carbocycles. The first-order valence-electron chi connectivity index (χ1n) is 23.7. The fourth-order valence-corrected chi connectivity index (χ4v) is 12.7. The fourth-order valence-electron chi connectivity index (χ4n) is 10.5. The molecule has 2 saturated heterocycles. The third-order valence-electron chi connectivity index (χ3n) is 14.3. The SMILES string of the molecule is CC1CCC(C(=O)N(c2cc(C3=CCCCC3)sc2C(=O)O)C2CCNCC2)CC1.COC(=O)c1sc(C2=CCCCC2)cc1N(C(=O)C1CCC(C)CC1)C1CCNCC1. The molecule has 10 nitrogen and oxygen atoms in total. The van der Waals surface area contributed by atoms with Gasteiger partial charge in [0, 0.05) is 33.7 Å². The molecule has 12 heteroatoms. The number of thiophene rings is 2. The number of methoxy groups -OCH3 is 1. The van der Waals surface area contributed by atoms with Crippen LogP contribution >= 0.6 is 22.7 Å². The van der Waals surface area contributed by atoms with Crippen molar-refractivity contribution >= 4 is 68.9 Å². The minimum atomic E-state index is -0.915. The first kappa shape index (κ1) is 45.7. The van der Waals surface area contributed by atoms with Crippen LogP contribution < -0.4 is 20.4 Å². The highest BCUT2D eigenvalue weighted by molar-refractivity contribution is 7.16. The summed E-state index contributed by atoms with van der Waals surface area (Å²) in [5.74, 6) is 0.594. The van der Waals surface area contributed by atoms with E-state index in [2.05, 4.69) is 42.7 Å². The maximum absolute atomic E-state index is 13.9. The number of carbonyl (C=O) groups is 4.